The van der Waals surface area contributed by atoms with Crippen molar-refractivity contribution in [1.29, 1.82) is 0 Å². The molecule has 2 aromatic rings. The minimum Gasteiger partial charge on any atom is -0.330 e. The molecule has 1 aliphatic carbocycles. The lowest BCUT2D eigenvalue weighted by molar-refractivity contribution is 0.321. The Morgan fingerprint density at radius 3 is 2.67 bits per heavy atom. The summed E-state index contributed by atoms with van der Waals surface area (Å²) >= 11 is 0. The highest BCUT2D eigenvalue weighted by atomic mass is 15.1. The molecule has 1 heterocycles. The van der Waals surface area contributed by atoms with Crippen LogP contribution in [0.2, 0.25) is 0 Å². The van der Waals surface area contributed by atoms with Crippen molar-refractivity contribution in [3.05, 3.63) is 29.6 Å². The van der Waals surface area contributed by atoms with Crippen molar-refractivity contribution >= 4 is 11.0 Å². The molecule has 1 aromatic carbocycles. The summed E-state index contributed by atoms with van der Waals surface area (Å²) in [6.45, 7) is 6.31. The highest BCUT2D eigenvalue weighted by Crippen LogP contribution is 2.36. The van der Waals surface area contributed by atoms with Crippen LogP contribution in [0.5, 0.6) is 0 Å². The van der Waals surface area contributed by atoms with E-state index in [2.05, 4.69) is 36.6 Å². The van der Waals surface area contributed by atoms with E-state index in [0.717, 1.165) is 25.4 Å². The predicted octanol–water partition coefficient (Wildman–Crippen LogP) is 3.99. The average molecular weight is 285 g/mol. The molecule has 0 amide bonds. The molecule has 0 atom stereocenters. The van der Waals surface area contributed by atoms with Crippen molar-refractivity contribution in [2.75, 3.05) is 6.54 Å². The average Bonchev–Trinajstić information content (AvgIpc) is 2.85. The Kier molecular flexibility index (Phi) is 4.29. The molecule has 3 nitrogen and oxygen atoms in total. The van der Waals surface area contributed by atoms with Gasteiger partial charge >= 0.3 is 0 Å². The first-order valence-corrected chi connectivity index (χ1v) is 8.39. The standard InChI is InChI=1S/C18H27N3/c1-3-10-21-17-9-4-13(2)11-16(17)20-18(21)15-7-5-14(12-19)6-8-15/h4,9,11,14-15H,3,5-8,10,12,19H2,1-2H3. The Morgan fingerprint density at radius 2 is 2.00 bits per heavy atom. The Hall–Kier alpha value is -1.35. The lowest BCUT2D eigenvalue weighted by Crippen LogP contribution is -2.22. The van der Waals surface area contributed by atoms with Gasteiger partial charge < -0.3 is 10.3 Å². The van der Waals surface area contributed by atoms with E-state index < -0.39 is 0 Å². The Labute approximate surface area is 127 Å². The molecule has 0 spiro atoms. The van der Waals surface area contributed by atoms with Crippen LogP contribution in [-0.4, -0.2) is 16.1 Å². The third-order valence-corrected chi connectivity index (χ3v) is 4.93. The molecule has 21 heavy (non-hydrogen) atoms. The van der Waals surface area contributed by atoms with Crippen LogP contribution in [-0.2, 0) is 6.54 Å². The maximum atomic E-state index is 5.82. The first kappa shape index (κ1) is 14.6. The number of nitrogens with two attached hydrogens (primary N) is 1. The van der Waals surface area contributed by atoms with Crippen LogP contribution in [0, 0.1) is 12.8 Å². The van der Waals surface area contributed by atoms with E-state index in [1.807, 2.05) is 0 Å². The summed E-state index contributed by atoms with van der Waals surface area (Å²) in [5.41, 5.74) is 9.59. The van der Waals surface area contributed by atoms with Gasteiger partial charge in [-0.15, -0.1) is 0 Å². The summed E-state index contributed by atoms with van der Waals surface area (Å²) < 4.78 is 2.46. The third kappa shape index (κ3) is 2.84. The van der Waals surface area contributed by atoms with Crippen LogP contribution >= 0.6 is 0 Å². The second-order valence-corrected chi connectivity index (χ2v) is 6.57. The van der Waals surface area contributed by atoms with Gasteiger partial charge in [-0.3, -0.25) is 0 Å². The summed E-state index contributed by atoms with van der Waals surface area (Å²) in [6.07, 6.45) is 6.16. The zero-order valence-corrected chi connectivity index (χ0v) is 13.3. The van der Waals surface area contributed by atoms with Crippen molar-refractivity contribution in [2.24, 2.45) is 11.7 Å². The second kappa shape index (κ2) is 6.18. The van der Waals surface area contributed by atoms with Crippen LogP contribution in [0.15, 0.2) is 18.2 Å². The normalized spacial score (nSPS) is 22.8. The van der Waals surface area contributed by atoms with Gasteiger partial charge in [0.1, 0.15) is 5.82 Å². The smallest absolute Gasteiger partial charge is 0.112 e. The van der Waals surface area contributed by atoms with Crippen molar-refractivity contribution in [2.45, 2.75) is 58.4 Å². The van der Waals surface area contributed by atoms with Crippen LogP contribution in [0.4, 0.5) is 0 Å². The molecule has 0 radical (unpaired) electrons. The summed E-state index contributed by atoms with van der Waals surface area (Å²) in [6, 6.07) is 6.66. The van der Waals surface area contributed by atoms with Gasteiger partial charge in [-0.2, -0.15) is 0 Å². The second-order valence-electron chi connectivity index (χ2n) is 6.57. The molecule has 1 saturated carbocycles. The Balaban J connectivity index is 1.95. The van der Waals surface area contributed by atoms with E-state index in [1.54, 1.807) is 0 Å². The Morgan fingerprint density at radius 1 is 1.24 bits per heavy atom. The number of imidazole rings is 1. The number of fused-ring (bicyclic) bond motifs is 1. The molecule has 1 aromatic heterocycles. The lowest BCUT2D eigenvalue weighted by Gasteiger charge is -2.27. The topological polar surface area (TPSA) is 43.8 Å². The number of nitrogens with zero attached hydrogens (tertiary/aromatic N) is 2. The van der Waals surface area contributed by atoms with E-state index in [0.29, 0.717) is 5.92 Å². The molecule has 114 valence electrons. The van der Waals surface area contributed by atoms with E-state index in [1.165, 1.54) is 48.1 Å². The van der Waals surface area contributed by atoms with Gasteiger partial charge in [0.05, 0.1) is 11.0 Å². The molecule has 3 rings (SSSR count). The van der Waals surface area contributed by atoms with Gasteiger partial charge in [0.2, 0.25) is 0 Å². The summed E-state index contributed by atoms with van der Waals surface area (Å²) in [5, 5.41) is 0. The van der Waals surface area contributed by atoms with Gasteiger partial charge in [-0.1, -0.05) is 13.0 Å². The van der Waals surface area contributed by atoms with Crippen LogP contribution in [0.3, 0.4) is 0 Å². The van der Waals surface area contributed by atoms with Crippen LogP contribution < -0.4 is 5.73 Å². The van der Waals surface area contributed by atoms with Crippen molar-refractivity contribution in [3.63, 3.8) is 0 Å². The molecule has 2 N–H and O–H groups in total. The first-order valence-electron chi connectivity index (χ1n) is 8.39. The molecule has 1 aliphatic rings. The fourth-order valence-electron chi connectivity index (χ4n) is 3.69. The van der Waals surface area contributed by atoms with E-state index in [-0.39, 0.29) is 0 Å². The number of hydrogen-bond donors (Lipinski definition) is 1. The molecule has 3 heteroatoms. The number of aryl methyl sites for hydroxylation is 2. The van der Waals surface area contributed by atoms with Crippen molar-refractivity contribution in [3.8, 4) is 0 Å². The zero-order chi connectivity index (χ0) is 14.8. The molecular formula is C18H27N3. The van der Waals surface area contributed by atoms with E-state index >= 15 is 0 Å². The molecule has 0 bridgehead atoms. The predicted molar refractivity (Wildman–Crippen MR) is 88.5 cm³/mol. The van der Waals surface area contributed by atoms with Gasteiger partial charge in [-0.05, 0) is 69.2 Å². The van der Waals surface area contributed by atoms with Crippen molar-refractivity contribution in [1.82, 2.24) is 9.55 Å². The number of rotatable bonds is 4. The first-order chi connectivity index (χ1) is 10.2. The van der Waals surface area contributed by atoms with Gasteiger partial charge in [0.25, 0.3) is 0 Å². The summed E-state index contributed by atoms with van der Waals surface area (Å²) in [5.74, 6) is 2.66. The van der Waals surface area contributed by atoms with Crippen LogP contribution in [0.25, 0.3) is 11.0 Å². The largest absolute Gasteiger partial charge is 0.330 e. The maximum absolute atomic E-state index is 5.82. The molecule has 0 saturated heterocycles. The minimum atomic E-state index is 0.618. The molecule has 0 unspecified atom stereocenters. The monoisotopic (exact) mass is 285 g/mol. The lowest BCUT2D eigenvalue weighted by atomic mass is 9.81. The Bertz CT molecular complexity index is 606. The molecule has 0 aliphatic heterocycles. The van der Waals surface area contributed by atoms with Gasteiger partial charge in [0, 0.05) is 12.5 Å². The van der Waals surface area contributed by atoms with E-state index in [4.69, 9.17) is 10.7 Å². The van der Waals surface area contributed by atoms with Gasteiger partial charge in [0.15, 0.2) is 0 Å². The zero-order valence-electron chi connectivity index (χ0n) is 13.3. The quantitative estimate of drug-likeness (QED) is 0.923. The SMILES string of the molecule is CCCn1c(C2CCC(CN)CC2)nc2cc(C)ccc21. The number of aromatic nitrogens is 2. The minimum absolute atomic E-state index is 0.618. The van der Waals surface area contributed by atoms with E-state index in [9.17, 15) is 0 Å². The summed E-state index contributed by atoms with van der Waals surface area (Å²) in [7, 11) is 0. The van der Waals surface area contributed by atoms with Crippen LogP contribution in [0.1, 0.15) is 56.3 Å². The highest BCUT2D eigenvalue weighted by molar-refractivity contribution is 5.77. The fraction of sp³-hybridized carbons (Fsp3) is 0.611. The maximum Gasteiger partial charge on any atom is 0.112 e. The third-order valence-electron chi connectivity index (χ3n) is 4.93. The summed E-state index contributed by atoms with van der Waals surface area (Å²) in [4.78, 5) is 5.00. The molecule has 1 fully saturated rings. The number of hydrogen-bond acceptors (Lipinski definition) is 2. The fourth-order valence-corrected chi connectivity index (χ4v) is 3.69. The molecular weight excluding hydrogens is 258 g/mol. The van der Waals surface area contributed by atoms with Gasteiger partial charge in [-0.25, -0.2) is 4.98 Å². The highest BCUT2D eigenvalue weighted by Gasteiger charge is 2.25. The number of benzene rings is 1. The van der Waals surface area contributed by atoms with Crippen molar-refractivity contribution < 1.29 is 0 Å².